The Morgan fingerprint density at radius 2 is 1.20 bits per heavy atom. The standard InChI is InChI=1S/C3H9Si.Ba.2H/c1-4(2)3;;;/h1-3H3;;;/q;+2;2*-1. The Morgan fingerprint density at radius 3 is 1.20 bits per heavy atom. The van der Waals surface area contributed by atoms with Crippen molar-refractivity contribution in [3.05, 3.63) is 0 Å². The van der Waals surface area contributed by atoms with Gasteiger partial charge in [-0.05, 0) is 0 Å². The molecular formula is C3H11BaSi. The summed E-state index contributed by atoms with van der Waals surface area (Å²) >= 11 is 0. The summed E-state index contributed by atoms with van der Waals surface area (Å²) < 4.78 is 0. The van der Waals surface area contributed by atoms with E-state index in [4.69, 9.17) is 0 Å². The van der Waals surface area contributed by atoms with Gasteiger partial charge in [-0.1, -0.05) is 19.6 Å². The van der Waals surface area contributed by atoms with Crippen LogP contribution in [0.15, 0.2) is 0 Å². The SMILES string of the molecule is C[Si](C)C.[Ba+2].[H-].[H-]. The van der Waals surface area contributed by atoms with Gasteiger partial charge in [-0.2, -0.15) is 0 Å². The molecule has 0 nitrogen and oxygen atoms in total. The van der Waals surface area contributed by atoms with E-state index in [1.165, 1.54) is 0 Å². The Balaban J connectivity index is -0.0000000150. The van der Waals surface area contributed by atoms with Crippen LogP contribution in [0.2, 0.25) is 19.6 Å². The van der Waals surface area contributed by atoms with Gasteiger partial charge >= 0.3 is 48.9 Å². The van der Waals surface area contributed by atoms with E-state index in [0.717, 1.165) is 0 Å². The zero-order chi connectivity index (χ0) is 3.58. The molecule has 0 spiro atoms. The summed E-state index contributed by atoms with van der Waals surface area (Å²) in [6.45, 7) is 6.81. The van der Waals surface area contributed by atoms with E-state index >= 15 is 0 Å². The van der Waals surface area contributed by atoms with Gasteiger partial charge in [-0.15, -0.1) is 0 Å². The molecule has 0 amide bonds. The topological polar surface area (TPSA) is 0 Å². The quantitative estimate of drug-likeness (QED) is 0.530. The van der Waals surface area contributed by atoms with Gasteiger partial charge in [0.05, 0.1) is 0 Å². The fourth-order valence-corrected chi connectivity index (χ4v) is 0. The predicted octanol–water partition coefficient (Wildman–Crippen LogP) is 1.21. The molecule has 0 atom stereocenters. The van der Waals surface area contributed by atoms with Crippen molar-refractivity contribution in [3.8, 4) is 0 Å². The molecule has 29 valence electrons. The first-order valence-electron chi connectivity index (χ1n) is 1.50. The molecule has 0 aromatic heterocycles. The molecular weight excluding hydrogens is 201 g/mol. The molecule has 0 aliphatic heterocycles. The van der Waals surface area contributed by atoms with Crippen molar-refractivity contribution in [2.24, 2.45) is 0 Å². The molecule has 0 aliphatic carbocycles. The van der Waals surface area contributed by atoms with Crippen LogP contribution in [0.3, 0.4) is 0 Å². The normalized spacial score (nSPS) is 7.20. The van der Waals surface area contributed by atoms with Crippen LogP contribution in [0, 0.1) is 0 Å². The van der Waals surface area contributed by atoms with Crippen LogP contribution in [-0.2, 0) is 0 Å². The summed E-state index contributed by atoms with van der Waals surface area (Å²) in [5.41, 5.74) is 0. The molecule has 0 heterocycles. The second-order valence-electron chi connectivity index (χ2n) is 1.50. The minimum Gasteiger partial charge on any atom is -1.00 e. The average Bonchev–Trinajstić information content (AvgIpc) is 0.811. The van der Waals surface area contributed by atoms with Crippen molar-refractivity contribution in [1.82, 2.24) is 0 Å². The molecule has 1 radical (unpaired) electrons. The molecule has 0 rings (SSSR count). The average molecular weight is 213 g/mol. The van der Waals surface area contributed by atoms with Crippen LogP contribution in [0.4, 0.5) is 0 Å². The van der Waals surface area contributed by atoms with Gasteiger partial charge in [-0.25, -0.2) is 0 Å². The van der Waals surface area contributed by atoms with Crippen LogP contribution >= 0.6 is 0 Å². The van der Waals surface area contributed by atoms with Gasteiger partial charge < -0.3 is 2.85 Å². The van der Waals surface area contributed by atoms with E-state index < -0.39 is 0 Å². The Kier molecular flexibility index (Phi) is 11.5. The van der Waals surface area contributed by atoms with E-state index in [9.17, 15) is 0 Å². The minimum atomic E-state index is 0. The van der Waals surface area contributed by atoms with Crippen molar-refractivity contribution in [3.63, 3.8) is 0 Å². The number of hydrogen-bond donors (Lipinski definition) is 0. The van der Waals surface area contributed by atoms with Gasteiger partial charge in [-0.3, -0.25) is 0 Å². The fraction of sp³-hybridized carbons (Fsp3) is 1.00. The monoisotopic (exact) mass is 213 g/mol. The Hall–Kier alpha value is 1.79. The summed E-state index contributed by atoms with van der Waals surface area (Å²) in [5.74, 6) is 0. The molecule has 0 aliphatic rings. The minimum absolute atomic E-state index is 0. The first kappa shape index (κ1) is 9.92. The molecule has 0 aromatic carbocycles. The molecule has 0 saturated carbocycles. The van der Waals surface area contributed by atoms with Crippen LogP contribution < -0.4 is 0 Å². The summed E-state index contributed by atoms with van der Waals surface area (Å²) in [4.78, 5) is 0. The third-order valence-electron chi connectivity index (χ3n) is 0. The molecule has 5 heavy (non-hydrogen) atoms. The summed E-state index contributed by atoms with van der Waals surface area (Å²) in [5, 5.41) is 0. The first-order valence-corrected chi connectivity index (χ1v) is 4.50. The molecule has 2 heteroatoms. The zero-order valence-electron chi connectivity index (χ0n) is 6.21. The van der Waals surface area contributed by atoms with Gasteiger partial charge in [0, 0.05) is 8.80 Å². The second-order valence-corrected chi connectivity index (χ2v) is 4.50. The maximum absolute atomic E-state index is 2.27. The summed E-state index contributed by atoms with van der Waals surface area (Å²) in [6, 6.07) is 0. The fourth-order valence-electron chi connectivity index (χ4n) is 0. The van der Waals surface area contributed by atoms with Gasteiger partial charge in [0.1, 0.15) is 0 Å². The number of hydrogen-bond acceptors (Lipinski definition) is 0. The van der Waals surface area contributed by atoms with Crippen LogP contribution in [-0.4, -0.2) is 57.7 Å². The van der Waals surface area contributed by atoms with Crippen molar-refractivity contribution in [2.75, 3.05) is 0 Å². The van der Waals surface area contributed by atoms with E-state index in [0.29, 0.717) is 0 Å². The van der Waals surface area contributed by atoms with Crippen molar-refractivity contribution in [1.29, 1.82) is 0 Å². The second kappa shape index (κ2) is 5.79. The predicted molar refractivity (Wildman–Crippen MR) is 31.3 cm³/mol. The van der Waals surface area contributed by atoms with Crippen LogP contribution in [0.25, 0.3) is 0 Å². The van der Waals surface area contributed by atoms with Crippen LogP contribution in [0.1, 0.15) is 2.85 Å². The van der Waals surface area contributed by atoms with Crippen LogP contribution in [0.5, 0.6) is 0 Å². The van der Waals surface area contributed by atoms with Crippen molar-refractivity contribution < 1.29 is 2.85 Å². The smallest absolute Gasteiger partial charge is 1.00 e. The largest absolute Gasteiger partial charge is 2.00 e. The van der Waals surface area contributed by atoms with E-state index in [1.54, 1.807) is 0 Å². The molecule has 0 unspecified atom stereocenters. The third kappa shape index (κ3) is 26.0. The van der Waals surface area contributed by atoms with Crippen molar-refractivity contribution in [2.45, 2.75) is 19.6 Å². The molecule has 0 N–H and O–H groups in total. The van der Waals surface area contributed by atoms with Gasteiger partial charge in [0.25, 0.3) is 0 Å². The van der Waals surface area contributed by atoms with E-state index in [2.05, 4.69) is 19.6 Å². The van der Waals surface area contributed by atoms with Gasteiger partial charge in [0.2, 0.25) is 0 Å². The Labute approximate surface area is 79.0 Å². The van der Waals surface area contributed by atoms with E-state index in [1.807, 2.05) is 0 Å². The summed E-state index contributed by atoms with van der Waals surface area (Å²) in [7, 11) is 0.120. The maximum Gasteiger partial charge on any atom is 2.00 e. The third-order valence-corrected chi connectivity index (χ3v) is 0. The molecule has 0 bridgehead atoms. The maximum atomic E-state index is 2.27. The van der Waals surface area contributed by atoms with Crippen molar-refractivity contribution >= 4 is 57.7 Å². The summed E-state index contributed by atoms with van der Waals surface area (Å²) in [6.07, 6.45) is 0. The Bertz CT molecular complexity index is 17.7. The first-order chi connectivity index (χ1) is 1.73. The molecule has 0 saturated heterocycles. The van der Waals surface area contributed by atoms with Gasteiger partial charge in [0.15, 0.2) is 0 Å². The zero-order valence-corrected chi connectivity index (χ0v) is 9.65. The molecule has 0 fully saturated rings. The molecule has 0 aromatic rings. The van der Waals surface area contributed by atoms with E-state index in [-0.39, 0.29) is 60.5 Å². The Morgan fingerprint density at radius 1 is 1.20 bits per heavy atom. The number of rotatable bonds is 0.